The molecular weight excluding hydrogens is 344 g/mol. The SMILES string of the molecule is COCc1ccccc1CNC(=O)c1ccc(NC(=O)c2ccco2)cc1. The number of furan rings is 1. The van der Waals surface area contributed by atoms with E-state index in [1.54, 1.807) is 43.5 Å². The molecule has 27 heavy (non-hydrogen) atoms. The van der Waals surface area contributed by atoms with Crippen LogP contribution in [0.3, 0.4) is 0 Å². The van der Waals surface area contributed by atoms with Crippen molar-refractivity contribution in [3.8, 4) is 0 Å². The summed E-state index contributed by atoms with van der Waals surface area (Å²) >= 11 is 0. The molecule has 0 fully saturated rings. The summed E-state index contributed by atoms with van der Waals surface area (Å²) in [5, 5.41) is 5.61. The predicted octanol–water partition coefficient (Wildman–Crippen LogP) is 3.61. The molecule has 0 unspecified atom stereocenters. The molecule has 2 aromatic carbocycles. The Kier molecular flexibility index (Phi) is 6.02. The van der Waals surface area contributed by atoms with Gasteiger partial charge in [-0.2, -0.15) is 0 Å². The average Bonchev–Trinajstić information content (AvgIpc) is 3.23. The van der Waals surface area contributed by atoms with Crippen LogP contribution >= 0.6 is 0 Å². The third-order valence-electron chi connectivity index (χ3n) is 4.01. The van der Waals surface area contributed by atoms with Crippen molar-refractivity contribution in [2.75, 3.05) is 12.4 Å². The number of carbonyl (C=O) groups excluding carboxylic acids is 2. The summed E-state index contributed by atoms with van der Waals surface area (Å²) in [6.07, 6.45) is 1.44. The molecule has 0 radical (unpaired) electrons. The molecule has 1 aromatic heterocycles. The summed E-state index contributed by atoms with van der Waals surface area (Å²) in [5.74, 6) is -0.301. The number of benzene rings is 2. The maximum atomic E-state index is 12.4. The molecule has 138 valence electrons. The van der Waals surface area contributed by atoms with Gasteiger partial charge in [-0.25, -0.2) is 0 Å². The maximum absolute atomic E-state index is 12.4. The van der Waals surface area contributed by atoms with Crippen molar-refractivity contribution in [1.82, 2.24) is 5.32 Å². The van der Waals surface area contributed by atoms with Gasteiger partial charge in [0.05, 0.1) is 12.9 Å². The number of anilines is 1. The largest absolute Gasteiger partial charge is 0.459 e. The number of hydrogen-bond acceptors (Lipinski definition) is 4. The van der Waals surface area contributed by atoms with E-state index in [-0.39, 0.29) is 17.6 Å². The van der Waals surface area contributed by atoms with Gasteiger partial charge in [0.2, 0.25) is 0 Å². The first-order chi connectivity index (χ1) is 13.2. The van der Waals surface area contributed by atoms with Crippen molar-refractivity contribution in [2.45, 2.75) is 13.2 Å². The number of hydrogen-bond donors (Lipinski definition) is 2. The Morgan fingerprint density at radius 3 is 2.33 bits per heavy atom. The third kappa shape index (κ3) is 4.83. The predicted molar refractivity (Wildman–Crippen MR) is 101 cm³/mol. The van der Waals surface area contributed by atoms with Gasteiger partial charge in [0, 0.05) is 24.9 Å². The second-order valence-electron chi connectivity index (χ2n) is 5.89. The van der Waals surface area contributed by atoms with E-state index < -0.39 is 0 Å². The van der Waals surface area contributed by atoms with Gasteiger partial charge in [0.25, 0.3) is 11.8 Å². The first-order valence-corrected chi connectivity index (χ1v) is 8.46. The van der Waals surface area contributed by atoms with E-state index in [4.69, 9.17) is 9.15 Å². The number of methoxy groups -OCH3 is 1. The zero-order chi connectivity index (χ0) is 19.1. The molecule has 6 heteroatoms. The van der Waals surface area contributed by atoms with Crippen LogP contribution < -0.4 is 10.6 Å². The summed E-state index contributed by atoms with van der Waals surface area (Å²) in [5.41, 5.74) is 3.14. The summed E-state index contributed by atoms with van der Waals surface area (Å²) in [6.45, 7) is 0.908. The van der Waals surface area contributed by atoms with Gasteiger partial charge < -0.3 is 19.8 Å². The van der Waals surface area contributed by atoms with Crippen molar-refractivity contribution in [3.63, 3.8) is 0 Å². The fourth-order valence-electron chi connectivity index (χ4n) is 2.61. The van der Waals surface area contributed by atoms with Crippen LogP contribution in [0.5, 0.6) is 0 Å². The standard InChI is InChI=1S/C21H20N2O4/c1-26-14-17-6-3-2-5-16(17)13-22-20(24)15-8-10-18(11-9-15)23-21(25)19-7-4-12-27-19/h2-12H,13-14H2,1H3,(H,22,24)(H,23,25). The Morgan fingerprint density at radius 1 is 0.926 bits per heavy atom. The van der Waals surface area contributed by atoms with Crippen LogP contribution in [-0.2, 0) is 17.9 Å². The first-order valence-electron chi connectivity index (χ1n) is 8.46. The summed E-state index contributed by atoms with van der Waals surface area (Å²) in [4.78, 5) is 24.3. The first kappa shape index (κ1) is 18.4. The lowest BCUT2D eigenvalue weighted by Gasteiger charge is -2.10. The molecule has 0 atom stereocenters. The van der Waals surface area contributed by atoms with Crippen LogP contribution in [0.15, 0.2) is 71.3 Å². The summed E-state index contributed by atoms with van der Waals surface area (Å²) < 4.78 is 10.2. The lowest BCUT2D eigenvalue weighted by atomic mass is 10.1. The molecule has 0 saturated carbocycles. The molecule has 0 aliphatic heterocycles. The lowest BCUT2D eigenvalue weighted by Crippen LogP contribution is -2.23. The van der Waals surface area contributed by atoms with Gasteiger partial charge in [0.1, 0.15) is 0 Å². The zero-order valence-electron chi connectivity index (χ0n) is 14.9. The van der Waals surface area contributed by atoms with Gasteiger partial charge in [-0.05, 0) is 47.5 Å². The second-order valence-corrected chi connectivity index (χ2v) is 5.89. The van der Waals surface area contributed by atoms with Crippen LogP contribution in [0, 0.1) is 0 Å². The monoisotopic (exact) mass is 364 g/mol. The molecule has 0 bridgehead atoms. The molecule has 0 spiro atoms. The van der Waals surface area contributed by atoms with E-state index in [9.17, 15) is 9.59 Å². The second kappa shape index (κ2) is 8.82. The van der Waals surface area contributed by atoms with E-state index in [0.717, 1.165) is 11.1 Å². The van der Waals surface area contributed by atoms with Crippen molar-refractivity contribution < 1.29 is 18.7 Å². The molecule has 0 aliphatic carbocycles. The highest BCUT2D eigenvalue weighted by Crippen LogP contribution is 2.13. The van der Waals surface area contributed by atoms with E-state index in [2.05, 4.69) is 10.6 Å². The maximum Gasteiger partial charge on any atom is 0.291 e. The fourth-order valence-corrected chi connectivity index (χ4v) is 2.61. The lowest BCUT2D eigenvalue weighted by molar-refractivity contribution is 0.0949. The Hall–Kier alpha value is -3.38. The molecule has 3 rings (SSSR count). The quantitative estimate of drug-likeness (QED) is 0.671. The Morgan fingerprint density at radius 2 is 1.67 bits per heavy atom. The molecule has 0 saturated heterocycles. The van der Waals surface area contributed by atoms with Crippen LogP contribution in [0.25, 0.3) is 0 Å². The average molecular weight is 364 g/mol. The highest BCUT2D eigenvalue weighted by atomic mass is 16.5. The topological polar surface area (TPSA) is 80.6 Å². The number of nitrogens with one attached hydrogen (secondary N) is 2. The van der Waals surface area contributed by atoms with E-state index >= 15 is 0 Å². The van der Waals surface area contributed by atoms with E-state index in [1.807, 2.05) is 24.3 Å². The van der Waals surface area contributed by atoms with Crippen LogP contribution in [0.2, 0.25) is 0 Å². The van der Waals surface area contributed by atoms with Gasteiger partial charge in [-0.1, -0.05) is 24.3 Å². The smallest absolute Gasteiger partial charge is 0.291 e. The van der Waals surface area contributed by atoms with Gasteiger partial charge in [0.15, 0.2) is 5.76 Å². The van der Waals surface area contributed by atoms with Crippen LogP contribution in [0.4, 0.5) is 5.69 Å². The Balaban J connectivity index is 1.58. The minimum Gasteiger partial charge on any atom is -0.459 e. The van der Waals surface area contributed by atoms with Crippen LogP contribution in [-0.4, -0.2) is 18.9 Å². The molecule has 3 aromatic rings. The van der Waals surface area contributed by atoms with Gasteiger partial charge >= 0.3 is 0 Å². The van der Waals surface area contributed by atoms with Crippen molar-refractivity contribution in [1.29, 1.82) is 0 Å². The number of ether oxygens (including phenoxy) is 1. The highest BCUT2D eigenvalue weighted by molar-refractivity contribution is 6.02. The number of rotatable bonds is 7. The molecule has 6 nitrogen and oxygen atoms in total. The van der Waals surface area contributed by atoms with Gasteiger partial charge in [-0.15, -0.1) is 0 Å². The minimum absolute atomic E-state index is 0.189. The third-order valence-corrected chi connectivity index (χ3v) is 4.01. The minimum atomic E-state index is -0.341. The highest BCUT2D eigenvalue weighted by Gasteiger charge is 2.10. The Bertz CT molecular complexity index is 902. The van der Waals surface area contributed by atoms with Crippen molar-refractivity contribution in [3.05, 3.63) is 89.4 Å². The van der Waals surface area contributed by atoms with Crippen molar-refractivity contribution in [2.24, 2.45) is 0 Å². The Labute approximate surface area is 157 Å². The number of carbonyl (C=O) groups is 2. The molecule has 2 amide bonds. The zero-order valence-corrected chi connectivity index (χ0v) is 14.9. The summed E-state index contributed by atoms with van der Waals surface area (Å²) in [7, 11) is 1.64. The summed E-state index contributed by atoms with van der Waals surface area (Å²) in [6, 6.07) is 17.7. The van der Waals surface area contributed by atoms with Crippen LogP contribution in [0.1, 0.15) is 32.0 Å². The van der Waals surface area contributed by atoms with Crippen molar-refractivity contribution >= 4 is 17.5 Å². The molecule has 2 N–H and O–H groups in total. The molecule has 0 aliphatic rings. The number of amides is 2. The fraction of sp³-hybridized carbons (Fsp3) is 0.143. The normalized spacial score (nSPS) is 10.4. The molecular formula is C21H20N2O4. The molecule has 1 heterocycles. The van der Waals surface area contributed by atoms with E-state index in [1.165, 1.54) is 6.26 Å². The van der Waals surface area contributed by atoms with E-state index in [0.29, 0.717) is 24.4 Å². The van der Waals surface area contributed by atoms with Gasteiger partial charge in [-0.3, -0.25) is 9.59 Å².